The van der Waals surface area contributed by atoms with E-state index >= 15 is 0 Å². The van der Waals surface area contributed by atoms with Gasteiger partial charge in [0, 0.05) is 17.7 Å². The van der Waals surface area contributed by atoms with Gasteiger partial charge in [0.25, 0.3) is 0 Å². The Kier molecular flexibility index (Phi) is 5.56. The molecule has 0 aliphatic heterocycles. The molecule has 0 saturated heterocycles. The summed E-state index contributed by atoms with van der Waals surface area (Å²) < 4.78 is 36.4. The Labute approximate surface area is 123 Å². The lowest BCUT2D eigenvalue weighted by Crippen LogP contribution is -2.38. The number of methoxy groups -OCH3 is 2. The predicted octanol–water partition coefficient (Wildman–Crippen LogP) is 1.16. The zero-order chi connectivity index (χ0) is 16.2. The molecule has 1 rings (SSSR count). The highest BCUT2D eigenvalue weighted by Crippen LogP contribution is 2.29. The molecule has 0 heterocycles. The van der Waals surface area contributed by atoms with E-state index in [0.717, 1.165) is 6.92 Å². The van der Waals surface area contributed by atoms with Gasteiger partial charge in [-0.05, 0) is 19.9 Å². The summed E-state index contributed by atoms with van der Waals surface area (Å²) in [5.74, 6) is -0.381. The molecular formula is C13H19NO6S. The average molecular weight is 317 g/mol. The van der Waals surface area contributed by atoms with Crippen LogP contribution >= 0.6 is 0 Å². The summed E-state index contributed by atoms with van der Waals surface area (Å²) in [6, 6.07) is 4.32. The van der Waals surface area contributed by atoms with Gasteiger partial charge in [0.05, 0.1) is 14.2 Å². The van der Waals surface area contributed by atoms with Crippen LogP contribution in [0.5, 0.6) is 11.5 Å². The van der Waals surface area contributed by atoms with Crippen LogP contribution in [0.2, 0.25) is 0 Å². The number of nitrogens with one attached hydrogen (secondary N) is 1. The minimum absolute atomic E-state index is 0.451. The molecule has 2 unspecified atom stereocenters. The second kappa shape index (κ2) is 6.77. The van der Waals surface area contributed by atoms with E-state index in [2.05, 4.69) is 4.72 Å². The molecule has 21 heavy (non-hydrogen) atoms. The van der Waals surface area contributed by atoms with Gasteiger partial charge in [-0.25, -0.2) is 13.1 Å². The maximum atomic E-state index is 11.9. The highest BCUT2D eigenvalue weighted by atomic mass is 32.2. The molecule has 7 nitrogen and oxygen atoms in total. The molecule has 0 radical (unpaired) electrons. The Hall–Kier alpha value is -1.80. The first kappa shape index (κ1) is 17.3. The van der Waals surface area contributed by atoms with Crippen LogP contribution in [-0.4, -0.2) is 39.0 Å². The zero-order valence-electron chi connectivity index (χ0n) is 12.3. The van der Waals surface area contributed by atoms with Crippen LogP contribution < -0.4 is 14.2 Å². The van der Waals surface area contributed by atoms with Crippen molar-refractivity contribution >= 4 is 16.0 Å². The summed E-state index contributed by atoms with van der Waals surface area (Å²) in [5, 5.41) is 7.27. The molecule has 8 heteroatoms. The van der Waals surface area contributed by atoms with Gasteiger partial charge in [0.2, 0.25) is 10.0 Å². The summed E-state index contributed by atoms with van der Waals surface area (Å²) in [6.45, 7) is 2.72. The monoisotopic (exact) mass is 317 g/mol. The van der Waals surface area contributed by atoms with Crippen molar-refractivity contribution in [2.24, 2.45) is 0 Å². The highest BCUT2D eigenvalue weighted by molar-refractivity contribution is 7.90. The zero-order valence-corrected chi connectivity index (χ0v) is 13.1. The number of hydrogen-bond acceptors (Lipinski definition) is 5. The van der Waals surface area contributed by atoms with E-state index in [1.165, 1.54) is 14.2 Å². The van der Waals surface area contributed by atoms with Crippen molar-refractivity contribution in [2.75, 3.05) is 14.2 Å². The van der Waals surface area contributed by atoms with Crippen LogP contribution in [0.1, 0.15) is 25.5 Å². The van der Waals surface area contributed by atoms with Gasteiger partial charge in [-0.15, -0.1) is 0 Å². The molecule has 1 aromatic rings. The number of sulfonamides is 1. The molecule has 0 bridgehead atoms. The smallest absolute Gasteiger partial charge is 0.323 e. The molecule has 1 aromatic carbocycles. The van der Waals surface area contributed by atoms with E-state index in [-0.39, 0.29) is 0 Å². The van der Waals surface area contributed by atoms with Crippen molar-refractivity contribution in [1.82, 2.24) is 4.72 Å². The SMILES string of the molecule is COc1ccc(C(C)NS(=O)(=O)C(C)C(=O)O)c(OC)c1. The third-order valence-corrected chi connectivity index (χ3v) is 4.88. The minimum atomic E-state index is -3.98. The minimum Gasteiger partial charge on any atom is -0.497 e. The third-order valence-electron chi connectivity index (χ3n) is 3.06. The lowest BCUT2D eigenvalue weighted by Gasteiger charge is -2.19. The summed E-state index contributed by atoms with van der Waals surface area (Å²) >= 11 is 0. The molecule has 118 valence electrons. The largest absolute Gasteiger partial charge is 0.497 e. The van der Waals surface area contributed by atoms with Gasteiger partial charge in [0.15, 0.2) is 5.25 Å². The van der Waals surface area contributed by atoms with E-state index in [0.29, 0.717) is 17.1 Å². The summed E-state index contributed by atoms with van der Waals surface area (Å²) in [5.41, 5.74) is 0.583. The van der Waals surface area contributed by atoms with E-state index in [1.54, 1.807) is 25.1 Å². The molecule has 0 saturated carbocycles. The molecule has 0 spiro atoms. The predicted molar refractivity (Wildman–Crippen MR) is 77.1 cm³/mol. The van der Waals surface area contributed by atoms with E-state index < -0.39 is 27.3 Å². The maximum Gasteiger partial charge on any atom is 0.323 e. The van der Waals surface area contributed by atoms with Crippen LogP contribution in [0.25, 0.3) is 0 Å². The normalized spacial score (nSPS) is 14.3. The van der Waals surface area contributed by atoms with Crippen LogP contribution in [0.3, 0.4) is 0 Å². The summed E-state index contributed by atoms with van der Waals surface area (Å²) in [4.78, 5) is 10.8. The first-order valence-corrected chi connectivity index (χ1v) is 7.73. The van der Waals surface area contributed by atoms with Crippen molar-refractivity contribution in [1.29, 1.82) is 0 Å². The molecule has 0 aliphatic carbocycles. The molecule has 0 amide bonds. The summed E-state index contributed by atoms with van der Waals surface area (Å²) in [7, 11) is -1.02. The maximum absolute atomic E-state index is 11.9. The first-order chi connectivity index (χ1) is 9.72. The first-order valence-electron chi connectivity index (χ1n) is 6.18. The van der Waals surface area contributed by atoms with Gasteiger partial charge >= 0.3 is 5.97 Å². The average Bonchev–Trinajstić information content (AvgIpc) is 2.44. The van der Waals surface area contributed by atoms with Crippen LogP contribution in [0, 0.1) is 0 Å². The lowest BCUT2D eigenvalue weighted by molar-refractivity contribution is -0.136. The van der Waals surface area contributed by atoms with E-state index in [9.17, 15) is 13.2 Å². The number of carbonyl (C=O) groups is 1. The number of ether oxygens (including phenoxy) is 2. The van der Waals surface area contributed by atoms with Gasteiger partial charge < -0.3 is 14.6 Å². The summed E-state index contributed by atoms with van der Waals surface area (Å²) in [6.07, 6.45) is 0. The Balaban J connectivity index is 3.04. The topological polar surface area (TPSA) is 102 Å². The van der Waals surface area contributed by atoms with Gasteiger partial charge in [-0.1, -0.05) is 6.07 Å². The third kappa shape index (κ3) is 4.08. The van der Waals surface area contributed by atoms with Gasteiger partial charge in [-0.2, -0.15) is 0 Å². The number of carboxylic acids is 1. The Bertz CT molecular complexity index is 613. The molecule has 2 atom stereocenters. The van der Waals surface area contributed by atoms with E-state index in [1.807, 2.05) is 0 Å². The fraction of sp³-hybridized carbons (Fsp3) is 0.462. The van der Waals surface area contributed by atoms with Crippen molar-refractivity contribution in [3.05, 3.63) is 23.8 Å². The number of rotatable bonds is 7. The quantitative estimate of drug-likeness (QED) is 0.782. The van der Waals surface area contributed by atoms with Gasteiger partial charge in [-0.3, -0.25) is 4.79 Å². The number of hydrogen-bond donors (Lipinski definition) is 2. The molecule has 0 aliphatic rings. The van der Waals surface area contributed by atoms with Crippen molar-refractivity contribution in [3.63, 3.8) is 0 Å². The number of benzene rings is 1. The fourth-order valence-electron chi connectivity index (χ4n) is 1.72. The van der Waals surface area contributed by atoms with Crippen molar-refractivity contribution in [2.45, 2.75) is 25.1 Å². The molecule has 2 N–H and O–H groups in total. The van der Waals surface area contributed by atoms with Crippen molar-refractivity contribution < 1.29 is 27.8 Å². The lowest BCUT2D eigenvalue weighted by atomic mass is 10.1. The second-order valence-electron chi connectivity index (χ2n) is 4.47. The molecular weight excluding hydrogens is 298 g/mol. The highest BCUT2D eigenvalue weighted by Gasteiger charge is 2.29. The fourth-order valence-corrected chi connectivity index (χ4v) is 2.81. The Morgan fingerprint density at radius 1 is 1.24 bits per heavy atom. The van der Waals surface area contributed by atoms with Crippen molar-refractivity contribution in [3.8, 4) is 11.5 Å². The molecule has 0 aromatic heterocycles. The van der Waals surface area contributed by atoms with Crippen LogP contribution in [-0.2, 0) is 14.8 Å². The van der Waals surface area contributed by atoms with Gasteiger partial charge in [0.1, 0.15) is 11.5 Å². The second-order valence-corrected chi connectivity index (χ2v) is 6.51. The molecule has 0 fully saturated rings. The standard InChI is InChI=1S/C13H19NO6S/c1-8(14-21(17,18)9(2)13(15)16)11-6-5-10(19-3)7-12(11)20-4/h5-9,14H,1-4H3,(H,15,16). The Morgan fingerprint density at radius 3 is 2.33 bits per heavy atom. The number of carboxylic acid groups (broad SMARTS) is 1. The number of aliphatic carboxylic acids is 1. The van der Waals surface area contributed by atoms with Crippen LogP contribution in [0.4, 0.5) is 0 Å². The van der Waals surface area contributed by atoms with Crippen LogP contribution in [0.15, 0.2) is 18.2 Å². The van der Waals surface area contributed by atoms with E-state index in [4.69, 9.17) is 14.6 Å². The Morgan fingerprint density at radius 2 is 1.86 bits per heavy atom.